The Kier molecular flexibility index (Phi) is 2.92. The molecule has 0 saturated carbocycles. The number of hydrogen-bond donors (Lipinski definition) is 2. The summed E-state index contributed by atoms with van der Waals surface area (Å²) in [4.78, 5) is 11.8. The van der Waals surface area contributed by atoms with Crippen LogP contribution in [0.15, 0.2) is 35.1 Å². The van der Waals surface area contributed by atoms with Crippen LogP contribution in [0.25, 0.3) is 11.3 Å². The summed E-state index contributed by atoms with van der Waals surface area (Å²) in [5.74, 6) is 0. The highest BCUT2D eigenvalue weighted by Gasteiger charge is 2.10. The van der Waals surface area contributed by atoms with E-state index in [0.29, 0.717) is 12.1 Å². The lowest BCUT2D eigenvalue weighted by Gasteiger charge is -1.99. The summed E-state index contributed by atoms with van der Waals surface area (Å²) in [6.45, 7) is 2.04. The number of aliphatic hydroxyl groups excluding tert-OH is 1. The van der Waals surface area contributed by atoms with Gasteiger partial charge in [0.1, 0.15) is 0 Å². The Bertz CT molecular complexity index is 526. The largest absolute Gasteiger partial charge is 0.394 e. The second-order valence-corrected chi connectivity index (χ2v) is 3.66. The fraction of sp³-hybridized carbons (Fsp3) is 0.250. The molecule has 1 aromatic carbocycles. The van der Waals surface area contributed by atoms with E-state index >= 15 is 0 Å². The molecule has 0 spiro atoms. The fourth-order valence-corrected chi connectivity index (χ4v) is 1.72. The highest BCUT2D eigenvalue weighted by molar-refractivity contribution is 5.61. The van der Waals surface area contributed by atoms with Crippen LogP contribution in [0.3, 0.4) is 0 Å². The molecule has 0 amide bonds. The number of benzene rings is 1. The average Bonchev–Trinajstić information content (AvgIpc) is 2.59. The van der Waals surface area contributed by atoms with Gasteiger partial charge in [-0.25, -0.2) is 0 Å². The molecule has 84 valence electrons. The molecule has 0 aliphatic rings. The number of aromatic nitrogens is 2. The molecule has 4 nitrogen and oxygen atoms in total. The Balaban J connectivity index is 2.51. The maximum Gasteiger partial charge on any atom is 0.270 e. The lowest BCUT2D eigenvalue weighted by molar-refractivity contribution is 0.267. The SMILES string of the molecule is Cc1c(-c2ccccc2)[nH]n(CCO)c1=O. The minimum Gasteiger partial charge on any atom is -0.394 e. The van der Waals surface area contributed by atoms with Crippen LogP contribution in [-0.2, 0) is 6.54 Å². The van der Waals surface area contributed by atoms with Crippen molar-refractivity contribution in [2.24, 2.45) is 0 Å². The number of rotatable bonds is 3. The van der Waals surface area contributed by atoms with Gasteiger partial charge < -0.3 is 5.11 Å². The Morgan fingerprint density at radius 3 is 2.62 bits per heavy atom. The van der Waals surface area contributed by atoms with Gasteiger partial charge in [-0.1, -0.05) is 30.3 Å². The van der Waals surface area contributed by atoms with Crippen LogP contribution < -0.4 is 5.56 Å². The zero-order valence-electron chi connectivity index (χ0n) is 9.10. The van der Waals surface area contributed by atoms with Crippen molar-refractivity contribution in [1.29, 1.82) is 0 Å². The van der Waals surface area contributed by atoms with E-state index in [1.54, 1.807) is 6.92 Å². The van der Waals surface area contributed by atoms with Crippen molar-refractivity contribution < 1.29 is 5.11 Å². The lowest BCUT2D eigenvalue weighted by atomic mass is 10.1. The molecule has 1 heterocycles. The molecule has 0 unspecified atom stereocenters. The van der Waals surface area contributed by atoms with Crippen LogP contribution in [0.1, 0.15) is 5.56 Å². The third kappa shape index (κ3) is 1.79. The number of hydrogen-bond acceptors (Lipinski definition) is 2. The molecule has 2 rings (SSSR count). The monoisotopic (exact) mass is 218 g/mol. The van der Waals surface area contributed by atoms with Gasteiger partial charge in [0.25, 0.3) is 5.56 Å². The molecular weight excluding hydrogens is 204 g/mol. The highest BCUT2D eigenvalue weighted by Crippen LogP contribution is 2.17. The Morgan fingerprint density at radius 2 is 2.00 bits per heavy atom. The highest BCUT2D eigenvalue weighted by atomic mass is 16.3. The third-order valence-electron chi connectivity index (χ3n) is 2.57. The fourth-order valence-electron chi connectivity index (χ4n) is 1.72. The first-order valence-electron chi connectivity index (χ1n) is 5.19. The van der Waals surface area contributed by atoms with Crippen molar-refractivity contribution in [3.05, 3.63) is 46.2 Å². The van der Waals surface area contributed by atoms with E-state index in [2.05, 4.69) is 5.10 Å². The quantitative estimate of drug-likeness (QED) is 0.811. The summed E-state index contributed by atoms with van der Waals surface area (Å²) in [6, 6.07) is 9.68. The number of aliphatic hydroxyl groups is 1. The second kappa shape index (κ2) is 4.37. The van der Waals surface area contributed by atoms with Gasteiger partial charge in [-0.15, -0.1) is 0 Å². The summed E-state index contributed by atoms with van der Waals surface area (Å²) in [7, 11) is 0. The van der Waals surface area contributed by atoms with Crippen LogP contribution in [0.2, 0.25) is 0 Å². The maximum atomic E-state index is 11.8. The summed E-state index contributed by atoms with van der Waals surface area (Å²) < 4.78 is 1.43. The normalized spacial score (nSPS) is 10.6. The van der Waals surface area contributed by atoms with E-state index < -0.39 is 0 Å². The smallest absolute Gasteiger partial charge is 0.270 e. The van der Waals surface area contributed by atoms with E-state index in [1.807, 2.05) is 30.3 Å². The maximum absolute atomic E-state index is 11.8. The van der Waals surface area contributed by atoms with Gasteiger partial charge in [-0.3, -0.25) is 14.6 Å². The standard InChI is InChI=1S/C12H14N2O2/c1-9-11(10-5-3-2-4-6-10)13-14(7-8-15)12(9)16/h2-6,13,15H,7-8H2,1H3. The minimum atomic E-state index is -0.0760. The molecule has 0 radical (unpaired) electrons. The first-order valence-corrected chi connectivity index (χ1v) is 5.19. The van der Waals surface area contributed by atoms with Crippen LogP contribution in [-0.4, -0.2) is 21.5 Å². The van der Waals surface area contributed by atoms with Gasteiger partial charge in [0.2, 0.25) is 0 Å². The van der Waals surface area contributed by atoms with Crippen molar-refractivity contribution in [3.63, 3.8) is 0 Å². The molecule has 0 saturated heterocycles. The topological polar surface area (TPSA) is 58.0 Å². The number of nitrogens with zero attached hydrogens (tertiary/aromatic N) is 1. The Hall–Kier alpha value is -1.81. The van der Waals surface area contributed by atoms with Gasteiger partial charge in [-0.2, -0.15) is 0 Å². The molecule has 1 aromatic heterocycles. The number of H-pyrrole nitrogens is 1. The molecule has 0 atom stereocenters. The van der Waals surface area contributed by atoms with Crippen molar-refractivity contribution in [2.45, 2.75) is 13.5 Å². The van der Waals surface area contributed by atoms with E-state index in [9.17, 15) is 4.79 Å². The molecule has 0 aliphatic heterocycles. The predicted molar refractivity (Wildman–Crippen MR) is 62.3 cm³/mol. The van der Waals surface area contributed by atoms with E-state index in [0.717, 1.165) is 11.3 Å². The third-order valence-corrected chi connectivity index (χ3v) is 2.57. The Labute approximate surface area is 93.1 Å². The molecule has 0 bridgehead atoms. The molecular formula is C12H14N2O2. The van der Waals surface area contributed by atoms with Crippen LogP contribution >= 0.6 is 0 Å². The first-order chi connectivity index (χ1) is 7.74. The van der Waals surface area contributed by atoms with Crippen LogP contribution in [0, 0.1) is 6.92 Å². The van der Waals surface area contributed by atoms with E-state index in [-0.39, 0.29) is 12.2 Å². The van der Waals surface area contributed by atoms with Gasteiger partial charge in [-0.05, 0) is 12.5 Å². The molecule has 2 N–H and O–H groups in total. The Morgan fingerprint density at radius 1 is 1.31 bits per heavy atom. The second-order valence-electron chi connectivity index (χ2n) is 3.66. The average molecular weight is 218 g/mol. The van der Waals surface area contributed by atoms with Gasteiger partial charge in [0, 0.05) is 5.56 Å². The predicted octanol–water partition coefficient (Wildman–Crippen LogP) is 1.14. The molecule has 4 heteroatoms. The zero-order chi connectivity index (χ0) is 11.5. The summed E-state index contributed by atoms with van der Waals surface area (Å²) in [5, 5.41) is 11.8. The summed E-state index contributed by atoms with van der Waals surface area (Å²) >= 11 is 0. The van der Waals surface area contributed by atoms with Crippen LogP contribution in [0.5, 0.6) is 0 Å². The van der Waals surface area contributed by atoms with Crippen molar-refractivity contribution >= 4 is 0 Å². The van der Waals surface area contributed by atoms with Gasteiger partial charge >= 0.3 is 0 Å². The minimum absolute atomic E-state index is 0.0475. The lowest BCUT2D eigenvalue weighted by Crippen LogP contribution is -2.19. The number of nitrogens with one attached hydrogen (secondary N) is 1. The van der Waals surface area contributed by atoms with Crippen molar-refractivity contribution in [2.75, 3.05) is 6.61 Å². The van der Waals surface area contributed by atoms with E-state index in [1.165, 1.54) is 4.68 Å². The molecule has 2 aromatic rings. The van der Waals surface area contributed by atoms with Gasteiger partial charge in [0.05, 0.1) is 18.8 Å². The van der Waals surface area contributed by atoms with Crippen LogP contribution in [0.4, 0.5) is 0 Å². The summed E-state index contributed by atoms with van der Waals surface area (Å²) in [5.41, 5.74) is 2.40. The summed E-state index contributed by atoms with van der Waals surface area (Å²) in [6.07, 6.45) is 0. The van der Waals surface area contributed by atoms with Crippen molar-refractivity contribution in [3.8, 4) is 11.3 Å². The van der Waals surface area contributed by atoms with Gasteiger partial charge in [0.15, 0.2) is 0 Å². The first kappa shape index (κ1) is 10.7. The molecule has 0 aliphatic carbocycles. The van der Waals surface area contributed by atoms with Crippen molar-refractivity contribution in [1.82, 2.24) is 9.78 Å². The van der Waals surface area contributed by atoms with E-state index in [4.69, 9.17) is 5.11 Å². The molecule has 0 fully saturated rings. The number of aromatic amines is 1. The molecule has 16 heavy (non-hydrogen) atoms. The zero-order valence-corrected chi connectivity index (χ0v) is 9.10.